The van der Waals surface area contributed by atoms with E-state index < -0.39 is 41.3 Å². The Labute approximate surface area is 190 Å². The zero-order valence-electron chi connectivity index (χ0n) is 17.9. The van der Waals surface area contributed by atoms with Gasteiger partial charge in [-0.25, -0.2) is 18.2 Å². The quantitative estimate of drug-likeness (QED) is 0.358. The summed E-state index contributed by atoms with van der Waals surface area (Å²) >= 11 is 0. The third-order valence-electron chi connectivity index (χ3n) is 4.67. The molecule has 0 spiro atoms. The van der Waals surface area contributed by atoms with Gasteiger partial charge in [-0.1, -0.05) is 26.0 Å². The highest BCUT2D eigenvalue weighted by Crippen LogP contribution is 2.30. The molecule has 182 valence electrons. The number of hydrogen-bond donors (Lipinski definition) is 3. The van der Waals surface area contributed by atoms with Gasteiger partial charge in [0.2, 0.25) is 5.95 Å². The summed E-state index contributed by atoms with van der Waals surface area (Å²) in [6.07, 6.45) is -4.91. The number of nitrogens with zero attached hydrogens (tertiary/aromatic N) is 2. The normalized spacial score (nSPS) is 12.5. The molecule has 34 heavy (non-hydrogen) atoms. The second-order valence-corrected chi connectivity index (χ2v) is 7.58. The van der Waals surface area contributed by atoms with Crippen LogP contribution >= 0.6 is 0 Å². The lowest BCUT2D eigenvalue weighted by atomic mass is 10.1. The first-order chi connectivity index (χ1) is 15.9. The molecule has 3 rings (SSSR count). The van der Waals surface area contributed by atoms with Gasteiger partial charge in [0.25, 0.3) is 0 Å². The predicted octanol–water partition coefficient (Wildman–Crippen LogP) is 5.63. The lowest BCUT2D eigenvalue weighted by Gasteiger charge is -2.21. The van der Waals surface area contributed by atoms with Gasteiger partial charge in [-0.2, -0.15) is 4.98 Å². The van der Waals surface area contributed by atoms with Crippen molar-refractivity contribution in [2.24, 2.45) is 5.92 Å². The van der Waals surface area contributed by atoms with Crippen molar-refractivity contribution in [2.45, 2.75) is 26.3 Å². The molecule has 0 saturated heterocycles. The van der Waals surface area contributed by atoms with Crippen LogP contribution in [0.4, 0.5) is 43.8 Å². The Morgan fingerprint density at radius 1 is 1.00 bits per heavy atom. The third-order valence-corrected chi connectivity index (χ3v) is 4.67. The summed E-state index contributed by atoms with van der Waals surface area (Å²) in [6, 6.07) is 6.63. The van der Waals surface area contributed by atoms with Gasteiger partial charge < -0.3 is 20.5 Å². The Balaban J connectivity index is 2.06. The summed E-state index contributed by atoms with van der Waals surface area (Å²) in [5, 5.41) is 14.9. The van der Waals surface area contributed by atoms with Gasteiger partial charge >= 0.3 is 6.36 Å². The van der Waals surface area contributed by atoms with Crippen molar-refractivity contribution in [1.29, 1.82) is 0 Å². The predicted molar refractivity (Wildman–Crippen MR) is 113 cm³/mol. The van der Waals surface area contributed by atoms with E-state index in [9.17, 15) is 31.4 Å². The topological polar surface area (TPSA) is 79.3 Å². The van der Waals surface area contributed by atoms with Crippen LogP contribution in [0.5, 0.6) is 5.75 Å². The monoisotopic (exact) mass is 486 g/mol. The van der Waals surface area contributed by atoms with E-state index in [1.165, 1.54) is 18.2 Å². The fourth-order valence-electron chi connectivity index (χ4n) is 2.95. The van der Waals surface area contributed by atoms with E-state index in [0.29, 0.717) is 12.1 Å². The van der Waals surface area contributed by atoms with Crippen LogP contribution < -0.4 is 15.4 Å². The summed E-state index contributed by atoms with van der Waals surface area (Å²) < 4.78 is 83.3. The van der Waals surface area contributed by atoms with Crippen LogP contribution in [-0.4, -0.2) is 34.1 Å². The van der Waals surface area contributed by atoms with E-state index >= 15 is 0 Å². The van der Waals surface area contributed by atoms with Crippen LogP contribution in [-0.2, 0) is 0 Å². The summed E-state index contributed by atoms with van der Waals surface area (Å²) in [5.74, 6) is -4.33. The highest BCUT2D eigenvalue weighted by atomic mass is 19.4. The van der Waals surface area contributed by atoms with Crippen LogP contribution in [0.15, 0.2) is 42.5 Å². The zero-order valence-corrected chi connectivity index (χ0v) is 17.9. The zero-order chi connectivity index (χ0) is 25.0. The minimum absolute atomic E-state index is 0.0656. The first-order valence-corrected chi connectivity index (χ1v) is 9.99. The van der Waals surface area contributed by atoms with Gasteiger partial charge in [0.1, 0.15) is 23.1 Å². The molecule has 3 aromatic rings. The smallest absolute Gasteiger partial charge is 0.406 e. The Morgan fingerprint density at radius 3 is 2.26 bits per heavy atom. The van der Waals surface area contributed by atoms with Gasteiger partial charge in [-0.05, 0) is 18.1 Å². The van der Waals surface area contributed by atoms with Crippen molar-refractivity contribution in [3.05, 3.63) is 59.9 Å². The van der Waals surface area contributed by atoms with Crippen molar-refractivity contribution in [3.63, 3.8) is 0 Å². The summed E-state index contributed by atoms with van der Waals surface area (Å²) in [7, 11) is 0. The van der Waals surface area contributed by atoms with Gasteiger partial charge in [-0.15, -0.1) is 13.2 Å². The van der Waals surface area contributed by atoms with E-state index in [0.717, 1.165) is 12.1 Å². The van der Waals surface area contributed by atoms with Gasteiger partial charge in [0.05, 0.1) is 18.3 Å². The van der Waals surface area contributed by atoms with Crippen LogP contribution in [0.2, 0.25) is 0 Å². The molecule has 1 atom stereocenters. The molecule has 6 nitrogen and oxygen atoms in total. The molecule has 3 N–H and O–H groups in total. The number of hydrogen-bond acceptors (Lipinski definition) is 6. The highest BCUT2D eigenvalue weighted by Gasteiger charge is 2.31. The fraction of sp³-hybridized carbons (Fsp3) is 0.273. The van der Waals surface area contributed by atoms with Crippen LogP contribution in [0.1, 0.15) is 13.8 Å². The highest BCUT2D eigenvalue weighted by molar-refractivity contribution is 5.68. The second-order valence-electron chi connectivity index (χ2n) is 7.58. The molecule has 12 heteroatoms. The maximum Gasteiger partial charge on any atom is 0.573 e. The van der Waals surface area contributed by atoms with Crippen LogP contribution in [0.25, 0.3) is 11.3 Å². The Bertz CT molecular complexity index is 1130. The van der Waals surface area contributed by atoms with Crippen molar-refractivity contribution in [3.8, 4) is 17.0 Å². The number of aliphatic hydroxyl groups is 1. The molecule has 2 aromatic carbocycles. The summed E-state index contributed by atoms with van der Waals surface area (Å²) in [5.41, 5.74) is -0.426. The first-order valence-electron chi connectivity index (χ1n) is 9.99. The Kier molecular flexibility index (Phi) is 7.50. The maximum atomic E-state index is 14.1. The van der Waals surface area contributed by atoms with E-state index in [-0.39, 0.29) is 35.5 Å². The van der Waals surface area contributed by atoms with E-state index in [4.69, 9.17) is 0 Å². The molecule has 0 aliphatic carbocycles. The molecule has 0 fully saturated rings. The molecular formula is C22H20F6N4O2. The Hall–Kier alpha value is -3.54. The fourth-order valence-corrected chi connectivity index (χ4v) is 2.95. The van der Waals surface area contributed by atoms with E-state index in [1.54, 1.807) is 0 Å². The van der Waals surface area contributed by atoms with Gasteiger partial charge in [0.15, 0.2) is 11.6 Å². The SMILES string of the molecule is CC(C)[C@@H](CO)Nc1nc(Nc2c(F)cc(F)cc2F)cc(-c2cccc(OC(F)(F)F)c2)n1. The maximum absolute atomic E-state index is 14.1. The molecule has 0 radical (unpaired) electrons. The van der Waals surface area contributed by atoms with Gasteiger partial charge in [-0.3, -0.25) is 0 Å². The summed E-state index contributed by atoms with van der Waals surface area (Å²) in [6.45, 7) is 3.35. The molecule has 0 saturated carbocycles. The minimum Gasteiger partial charge on any atom is -0.406 e. The molecule has 0 aliphatic rings. The van der Waals surface area contributed by atoms with E-state index in [2.05, 4.69) is 25.3 Å². The van der Waals surface area contributed by atoms with Crippen molar-refractivity contribution < 1.29 is 36.2 Å². The molecular weight excluding hydrogens is 466 g/mol. The minimum atomic E-state index is -4.91. The number of alkyl halides is 3. The average molecular weight is 486 g/mol. The van der Waals surface area contributed by atoms with Gasteiger partial charge in [0, 0.05) is 23.8 Å². The average Bonchev–Trinajstić information content (AvgIpc) is 2.73. The number of nitrogens with one attached hydrogen (secondary N) is 2. The number of ether oxygens (including phenoxy) is 1. The first kappa shape index (κ1) is 25.1. The largest absolute Gasteiger partial charge is 0.573 e. The molecule has 1 aromatic heterocycles. The number of anilines is 3. The van der Waals surface area contributed by atoms with Crippen molar-refractivity contribution in [1.82, 2.24) is 9.97 Å². The third kappa shape index (κ3) is 6.50. The molecule has 0 bridgehead atoms. The Morgan fingerprint density at radius 2 is 1.68 bits per heavy atom. The van der Waals surface area contributed by atoms with Crippen LogP contribution in [0, 0.1) is 23.4 Å². The lowest BCUT2D eigenvalue weighted by Crippen LogP contribution is -2.30. The van der Waals surface area contributed by atoms with Crippen LogP contribution in [0.3, 0.4) is 0 Å². The lowest BCUT2D eigenvalue weighted by molar-refractivity contribution is -0.274. The molecule has 1 heterocycles. The van der Waals surface area contributed by atoms with E-state index in [1.807, 2.05) is 13.8 Å². The van der Waals surface area contributed by atoms with Crippen molar-refractivity contribution in [2.75, 3.05) is 17.2 Å². The number of aliphatic hydroxyl groups excluding tert-OH is 1. The number of halogens is 6. The number of benzene rings is 2. The standard InChI is InChI=1S/C22H20F6N4O2/c1-11(2)18(10-33)30-21-29-17(12-4-3-5-14(6-12)34-22(26,27)28)9-19(32-21)31-20-15(24)7-13(23)8-16(20)25/h3-9,11,18,33H,10H2,1-2H3,(H2,29,30,31,32)/t18-/m1/s1. The summed E-state index contributed by atoms with van der Waals surface area (Å²) in [4.78, 5) is 8.38. The van der Waals surface area contributed by atoms with Crippen molar-refractivity contribution >= 4 is 17.5 Å². The number of aromatic nitrogens is 2. The molecule has 0 amide bonds. The molecule has 0 unspecified atom stereocenters. The second kappa shape index (κ2) is 10.2. The molecule has 0 aliphatic heterocycles. The number of rotatable bonds is 8.